The minimum atomic E-state index is -0.0231. The largest absolute Gasteiger partial charge is 0.292 e. The van der Waals surface area contributed by atoms with Gasteiger partial charge >= 0.3 is 0 Å². The van der Waals surface area contributed by atoms with Gasteiger partial charge in [-0.3, -0.25) is 9.48 Å². The topological polar surface area (TPSA) is 34.9 Å². The number of aryl methyl sites for hydroxylation is 1. The lowest BCUT2D eigenvalue weighted by atomic mass is 9.89. The van der Waals surface area contributed by atoms with E-state index in [9.17, 15) is 4.79 Å². The number of hydrogen-bond donors (Lipinski definition) is 0. The highest BCUT2D eigenvalue weighted by molar-refractivity contribution is 6.33. The van der Waals surface area contributed by atoms with Crippen molar-refractivity contribution in [3.8, 4) is 0 Å². The summed E-state index contributed by atoms with van der Waals surface area (Å²) in [7, 11) is 1.72. The van der Waals surface area contributed by atoms with Gasteiger partial charge in [-0.2, -0.15) is 5.10 Å². The van der Waals surface area contributed by atoms with E-state index in [0.717, 1.165) is 0 Å². The fourth-order valence-electron chi connectivity index (χ4n) is 1.29. The van der Waals surface area contributed by atoms with Crippen LogP contribution in [0.2, 0.25) is 5.02 Å². The average molecular weight is 215 g/mol. The summed E-state index contributed by atoms with van der Waals surface area (Å²) in [6.45, 7) is 6.07. The molecule has 4 heteroatoms. The number of hydrogen-bond acceptors (Lipinski definition) is 2. The van der Waals surface area contributed by atoms with Crippen molar-refractivity contribution < 1.29 is 4.79 Å². The first-order valence-corrected chi connectivity index (χ1v) is 4.90. The molecule has 0 radical (unpaired) electrons. The van der Waals surface area contributed by atoms with Gasteiger partial charge < -0.3 is 0 Å². The van der Waals surface area contributed by atoms with Crippen LogP contribution in [0.4, 0.5) is 0 Å². The van der Waals surface area contributed by atoms with E-state index < -0.39 is 0 Å². The molecule has 0 aliphatic heterocycles. The maximum Gasteiger partial charge on any atom is 0.182 e. The zero-order valence-electron chi connectivity index (χ0n) is 8.97. The Labute approximate surface area is 89.1 Å². The van der Waals surface area contributed by atoms with E-state index in [4.69, 9.17) is 11.6 Å². The van der Waals surface area contributed by atoms with Gasteiger partial charge in [-0.25, -0.2) is 0 Å². The molecule has 3 nitrogen and oxygen atoms in total. The van der Waals surface area contributed by atoms with Crippen molar-refractivity contribution >= 4 is 17.4 Å². The molecular formula is C10H15ClN2O. The maximum absolute atomic E-state index is 11.8. The van der Waals surface area contributed by atoms with E-state index in [0.29, 0.717) is 17.1 Å². The zero-order chi connectivity index (χ0) is 10.9. The molecular weight excluding hydrogens is 200 g/mol. The standard InChI is InChI=1S/C10H15ClN2O/c1-10(2,3)5-8(14)9-7(11)6-12-13(9)4/h6H,5H2,1-4H3. The van der Waals surface area contributed by atoms with Crippen LogP contribution in [0.3, 0.4) is 0 Å². The van der Waals surface area contributed by atoms with Gasteiger partial charge in [0.25, 0.3) is 0 Å². The number of Topliss-reactive ketones (excluding diaryl/α,β-unsaturated/α-hetero) is 1. The third-order valence-corrected chi connectivity index (χ3v) is 2.13. The Morgan fingerprint density at radius 1 is 1.57 bits per heavy atom. The molecule has 0 amide bonds. The van der Waals surface area contributed by atoms with Crippen LogP contribution in [0.5, 0.6) is 0 Å². The van der Waals surface area contributed by atoms with Crippen LogP contribution >= 0.6 is 11.6 Å². The summed E-state index contributed by atoms with van der Waals surface area (Å²) < 4.78 is 1.52. The smallest absolute Gasteiger partial charge is 0.182 e. The van der Waals surface area contributed by atoms with Gasteiger partial charge in [0.2, 0.25) is 0 Å². The van der Waals surface area contributed by atoms with Crippen molar-refractivity contribution in [2.45, 2.75) is 27.2 Å². The maximum atomic E-state index is 11.8. The Bertz CT molecular complexity index is 330. The Kier molecular flexibility index (Phi) is 3.00. The van der Waals surface area contributed by atoms with E-state index in [1.807, 2.05) is 20.8 Å². The number of rotatable bonds is 2. The first kappa shape index (κ1) is 11.2. The number of halogens is 1. The van der Waals surface area contributed by atoms with Gasteiger partial charge in [0.05, 0.1) is 11.2 Å². The van der Waals surface area contributed by atoms with E-state index in [2.05, 4.69) is 5.10 Å². The van der Waals surface area contributed by atoms with Crippen molar-refractivity contribution in [1.29, 1.82) is 0 Å². The molecule has 0 aliphatic carbocycles. The lowest BCUT2D eigenvalue weighted by Gasteiger charge is -2.16. The summed E-state index contributed by atoms with van der Waals surface area (Å²) in [4.78, 5) is 11.8. The van der Waals surface area contributed by atoms with Crippen LogP contribution in [0.15, 0.2) is 6.20 Å². The van der Waals surface area contributed by atoms with Gasteiger partial charge in [0, 0.05) is 13.5 Å². The molecule has 1 rings (SSSR count). The van der Waals surface area contributed by atoms with Crippen molar-refractivity contribution in [3.63, 3.8) is 0 Å². The third kappa shape index (κ3) is 2.58. The minimum Gasteiger partial charge on any atom is -0.292 e. The van der Waals surface area contributed by atoms with Crippen LogP contribution in [0.25, 0.3) is 0 Å². The predicted molar refractivity (Wildman–Crippen MR) is 56.6 cm³/mol. The number of carbonyl (C=O) groups excluding carboxylic acids is 1. The number of ketones is 1. The Balaban J connectivity index is 2.90. The SMILES string of the molecule is Cn1ncc(Cl)c1C(=O)CC(C)(C)C. The molecule has 0 atom stereocenters. The molecule has 0 unspecified atom stereocenters. The second kappa shape index (κ2) is 3.73. The molecule has 0 aromatic carbocycles. The van der Waals surface area contributed by atoms with Crippen LogP contribution in [-0.4, -0.2) is 15.6 Å². The first-order valence-electron chi connectivity index (χ1n) is 4.52. The molecule has 0 saturated heterocycles. The quantitative estimate of drug-likeness (QED) is 0.710. The monoisotopic (exact) mass is 214 g/mol. The van der Waals surface area contributed by atoms with Crippen molar-refractivity contribution in [3.05, 3.63) is 16.9 Å². The molecule has 0 bridgehead atoms. The van der Waals surface area contributed by atoms with Gasteiger partial charge in [-0.05, 0) is 5.41 Å². The highest BCUT2D eigenvalue weighted by Gasteiger charge is 2.21. The molecule has 1 aromatic rings. The van der Waals surface area contributed by atoms with Crippen molar-refractivity contribution in [2.75, 3.05) is 0 Å². The fraction of sp³-hybridized carbons (Fsp3) is 0.600. The third-order valence-electron chi connectivity index (χ3n) is 1.85. The summed E-state index contributed by atoms with van der Waals surface area (Å²) in [5, 5.41) is 4.36. The number of nitrogens with zero attached hydrogens (tertiary/aromatic N) is 2. The summed E-state index contributed by atoms with van der Waals surface area (Å²) in [5.74, 6) is 0.0440. The van der Waals surface area contributed by atoms with Gasteiger partial charge in [-0.15, -0.1) is 0 Å². The molecule has 0 aliphatic rings. The zero-order valence-corrected chi connectivity index (χ0v) is 9.72. The van der Waals surface area contributed by atoms with E-state index in [1.54, 1.807) is 7.05 Å². The van der Waals surface area contributed by atoms with Crippen LogP contribution in [0.1, 0.15) is 37.7 Å². The molecule has 1 heterocycles. The molecule has 14 heavy (non-hydrogen) atoms. The number of carbonyl (C=O) groups is 1. The average Bonchev–Trinajstić information content (AvgIpc) is 2.27. The minimum absolute atomic E-state index is 0.0231. The molecule has 0 N–H and O–H groups in total. The van der Waals surface area contributed by atoms with E-state index >= 15 is 0 Å². The Morgan fingerprint density at radius 2 is 2.14 bits per heavy atom. The van der Waals surface area contributed by atoms with E-state index in [1.165, 1.54) is 10.9 Å². The highest BCUT2D eigenvalue weighted by atomic mass is 35.5. The molecule has 0 spiro atoms. The van der Waals surface area contributed by atoms with Crippen molar-refractivity contribution in [1.82, 2.24) is 9.78 Å². The van der Waals surface area contributed by atoms with Gasteiger partial charge in [0.15, 0.2) is 5.78 Å². The van der Waals surface area contributed by atoms with Gasteiger partial charge in [0.1, 0.15) is 5.69 Å². The lowest BCUT2D eigenvalue weighted by Crippen LogP contribution is -2.16. The van der Waals surface area contributed by atoms with E-state index in [-0.39, 0.29) is 11.2 Å². The second-order valence-electron chi connectivity index (χ2n) is 4.63. The fourth-order valence-corrected chi connectivity index (χ4v) is 1.56. The summed E-state index contributed by atoms with van der Waals surface area (Å²) in [5.41, 5.74) is 0.478. The molecule has 78 valence electrons. The lowest BCUT2D eigenvalue weighted by molar-refractivity contribution is 0.0930. The molecule has 0 fully saturated rings. The van der Waals surface area contributed by atoms with Crippen LogP contribution in [0, 0.1) is 5.41 Å². The number of aromatic nitrogens is 2. The summed E-state index contributed by atoms with van der Waals surface area (Å²) >= 11 is 5.86. The highest BCUT2D eigenvalue weighted by Crippen LogP contribution is 2.24. The summed E-state index contributed by atoms with van der Waals surface area (Å²) in [6, 6.07) is 0. The summed E-state index contributed by atoms with van der Waals surface area (Å²) in [6.07, 6.45) is 1.98. The Hall–Kier alpha value is -0.830. The van der Waals surface area contributed by atoms with Crippen LogP contribution in [-0.2, 0) is 7.05 Å². The van der Waals surface area contributed by atoms with Crippen molar-refractivity contribution in [2.24, 2.45) is 12.5 Å². The normalized spacial score (nSPS) is 11.8. The Morgan fingerprint density at radius 3 is 2.50 bits per heavy atom. The predicted octanol–water partition coefficient (Wildman–Crippen LogP) is 2.69. The van der Waals surface area contributed by atoms with Gasteiger partial charge in [-0.1, -0.05) is 32.4 Å². The van der Waals surface area contributed by atoms with Crippen LogP contribution < -0.4 is 0 Å². The second-order valence-corrected chi connectivity index (χ2v) is 5.03. The molecule has 0 saturated carbocycles. The molecule has 1 aromatic heterocycles. The first-order chi connectivity index (χ1) is 6.31.